The van der Waals surface area contributed by atoms with Crippen LogP contribution in [-0.4, -0.2) is 53.8 Å². The molecule has 10 heteroatoms. The zero-order valence-electron chi connectivity index (χ0n) is 17.9. The first-order valence-corrected chi connectivity index (χ1v) is 11.6. The Balaban J connectivity index is 1.30. The molecule has 0 unspecified atom stereocenters. The lowest BCUT2D eigenvalue weighted by atomic mass is 10.1. The summed E-state index contributed by atoms with van der Waals surface area (Å²) >= 11 is 7.04. The van der Waals surface area contributed by atoms with E-state index < -0.39 is 6.03 Å². The van der Waals surface area contributed by atoms with E-state index in [2.05, 4.69) is 20.5 Å². The first-order chi connectivity index (χ1) is 15.9. The van der Waals surface area contributed by atoms with Gasteiger partial charge in [0.1, 0.15) is 5.69 Å². The number of urea groups is 1. The van der Waals surface area contributed by atoms with E-state index in [-0.39, 0.29) is 11.7 Å². The van der Waals surface area contributed by atoms with Gasteiger partial charge in [0.15, 0.2) is 10.9 Å². The molecule has 2 aromatic carbocycles. The quantitative estimate of drug-likeness (QED) is 0.517. The number of piperazine rings is 1. The lowest BCUT2D eigenvalue weighted by Gasteiger charge is -2.35. The fourth-order valence-corrected chi connectivity index (χ4v) is 4.26. The lowest BCUT2D eigenvalue weighted by Crippen LogP contribution is -2.48. The largest absolute Gasteiger partial charge is 0.368 e. The Morgan fingerprint density at radius 2 is 1.61 bits per heavy atom. The molecular weight excluding hydrogens is 462 g/mol. The fraction of sp³-hybridized carbons (Fsp3) is 0.217. The predicted molar refractivity (Wildman–Crippen MR) is 131 cm³/mol. The number of ketones is 1. The van der Waals surface area contributed by atoms with Crippen molar-refractivity contribution < 1.29 is 14.4 Å². The molecule has 2 heterocycles. The van der Waals surface area contributed by atoms with Gasteiger partial charge in [-0.3, -0.25) is 14.9 Å². The molecular formula is C23H22ClN5O3S. The number of benzene rings is 2. The Kier molecular flexibility index (Phi) is 6.90. The Hall–Kier alpha value is -3.43. The minimum Gasteiger partial charge on any atom is -0.368 e. The molecule has 1 saturated heterocycles. The number of Topliss-reactive ketones (excluding diaryl/α,β-unsaturated/α-hetero) is 1. The Morgan fingerprint density at radius 3 is 2.24 bits per heavy atom. The summed E-state index contributed by atoms with van der Waals surface area (Å²) in [6.45, 7) is 4.04. The average Bonchev–Trinajstić information content (AvgIpc) is 3.28. The van der Waals surface area contributed by atoms with Gasteiger partial charge in [-0.1, -0.05) is 11.6 Å². The van der Waals surface area contributed by atoms with Crippen LogP contribution in [-0.2, 0) is 0 Å². The van der Waals surface area contributed by atoms with Gasteiger partial charge in [-0.15, -0.1) is 11.3 Å². The number of halogens is 1. The zero-order valence-corrected chi connectivity index (χ0v) is 19.4. The van der Waals surface area contributed by atoms with Gasteiger partial charge in [0.25, 0.3) is 5.91 Å². The number of aromatic nitrogens is 1. The molecule has 170 valence electrons. The second-order valence-electron chi connectivity index (χ2n) is 7.51. The maximum Gasteiger partial charge on any atom is 0.325 e. The molecule has 4 rings (SSSR count). The van der Waals surface area contributed by atoms with Crippen LogP contribution in [0.15, 0.2) is 53.9 Å². The minimum atomic E-state index is -0.449. The highest BCUT2D eigenvalue weighted by Crippen LogP contribution is 2.21. The molecule has 1 fully saturated rings. The van der Waals surface area contributed by atoms with Crippen molar-refractivity contribution in [2.24, 2.45) is 0 Å². The summed E-state index contributed by atoms with van der Waals surface area (Å²) < 4.78 is 0. The predicted octanol–water partition coefficient (Wildman–Crippen LogP) is 4.61. The summed E-state index contributed by atoms with van der Waals surface area (Å²) in [5.74, 6) is -0.125. The van der Waals surface area contributed by atoms with Gasteiger partial charge >= 0.3 is 6.03 Å². The standard InChI is InChI=1S/C23H22ClN5O3S/c1-15(30)16-2-8-19(9-3-16)28-10-12-29(13-11-28)21(31)20-14-33-23(26-20)27-22(32)25-18-6-4-17(24)5-7-18/h2-9,14H,10-13H2,1H3,(H2,25,26,27,32). The topological polar surface area (TPSA) is 94.6 Å². The van der Waals surface area contributed by atoms with Crippen LogP contribution in [0, 0.1) is 0 Å². The molecule has 1 aliphatic heterocycles. The van der Waals surface area contributed by atoms with Crippen molar-refractivity contribution in [3.05, 3.63) is 70.2 Å². The second kappa shape index (κ2) is 10.0. The first kappa shape index (κ1) is 22.8. The van der Waals surface area contributed by atoms with Crippen molar-refractivity contribution in [2.75, 3.05) is 41.7 Å². The number of nitrogens with zero attached hydrogens (tertiary/aromatic N) is 3. The molecule has 33 heavy (non-hydrogen) atoms. The molecule has 3 amide bonds. The normalized spacial score (nSPS) is 13.5. The van der Waals surface area contributed by atoms with Crippen molar-refractivity contribution in [2.45, 2.75) is 6.92 Å². The van der Waals surface area contributed by atoms with E-state index in [0.29, 0.717) is 53.3 Å². The molecule has 0 radical (unpaired) electrons. The van der Waals surface area contributed by atoms with E-state index >= 15 is 0 Å². The van der Waals surface area contributed by atoms with Crippen LogP contribution in [0.25, 0.3) is 0 Å². The monoisotopic (exact) mass is 483 g/mol. The summed E-state index contributed by atoms with van der Waals surface area (Å²) in [5.41, 5.74) is 2.61. The molecule has 8 nitrogen and oxygen atoms in total. The number of rotatable bonds is 5. The minimum absolute atomic E-state index is 0.0385. The van der Waals surface area contributed by atoms with Crippen LogP contribution < -0.4 is 15.5 Å². The highest BCUT2D eigenvalue weighted by molar-refractivity contribution is 7.14. The van der Waals surface area contributed by atoms with Crippen LogP contribution >= 0.6 is 22.9 Å². The molecule has 1 aliphatic rings. The van der Waals surface area contributed by atoms with E-state index in [0.717, 1.165) is 5.69 Å². The maximum atomic E-state index is 12.9. The number of thiazole rings is 1. The third kappa shape index (κ3) is 5.68. The molecule has 3 aromatic rings. The van der Waals surface area contributed by atoms with Crippen LogP contribution in [0.1, 0.15) is 27.8 Å². The summed E-state index contributed by atoms with van der Waals surface area (Å²) in [5, 5.41) is 7.90. The highest BCUT2D eigenvalue weighted by Gasteiger charge is 2.24. The van der Waals surface area contributed by atoms with Crippen molar-refractivity contribution in [3.63, 3.8) is 0 Å². The summed E-state index contributed by atoms with van der Waals surface area (Å²) in [7, 11) is 0. The summed E-state index contributed by atoms with van der Waals surface area (Å²) in [4.78, 5) is 44.7. The van der Waals surface area contributed by atoms with Gasteiger partial charge in [0, 0.05) is 53.5 Å². The SMILES string of the molecule is CC(=O)c1ccc(N2CCN(C(=O)c3csc(NC(=O)Nc4ccc(Cl)cc4)n3)CC2)cc1. The average molecular weight is 484 g/mol. The van der Waals surface area contributed by atoms with Crippen molar-refractivity contribution >= 4 is 57.2 Å². The third-order valence-electron chi connectivity index (χ3n) is 5.25. The molecule has 1 aromatic heterocycles. The van der Waals surface area contributed by atoms with Crippen molar-refractivity contribution in [1.82, 2.24) is 9.88 Å². The van der Waals surface area contributed by atoms with Crippen LogP contribution in [0.2, 0.25) is 5.02 Å². The van der Waals surface area contributed by atoms with E-state index in [1.165, 1.54) is 11.3 Å². The highest BCUT2D eigenvalue weighted by atomic mass is 35.5. The molecule has 2 N–H and O–H groups in total. The smallest absolute Gasteiger partial charge is 0.325 e. The van der Waals surface area contributed by atoms with E-state index in [9.17, 15) is 14.4 Å². The number of hydrogen-bond acceptors (Lipinski definition) is 6. The molecule has 0 saturated carbocycles. The Bertz CT molecular complexity index is 1160. The van der Waals surface area contributed by atoms with Gasteiger partial charge in [0.2, 0.25) is 0 Å². The zero-order chi connectivity index (χ0) is 23.4. The fourth-order valence-electron chi connectivity index (χ4n) is 3.46. The van der Waals surface area contributed by atoms with Crippen LogP contribution in [0.5, 0.6) is 0 Å². The van der Waals surface area contributed by atoms with Gasteiger partial charge < -0.3 is 15.1 Å². The van der Waals surface area contributed by atoms with Crippen molar-refractivity contribution in [1.29, 1.82) is 0 Å². The lowest BCUT2D eigenvalue weighted by molar-refractivity contribution is 0.0741. The van der Waals surface area contributed by atoms with E-state index in [1.54, 1.807) is 41.5 Å². The van der Waals surface area contributed by atoms with E-state index in [4.69, 9.17) is 11.6 Å². The number of nitrogens with one attached hydrogen (secondary N) is 2. The Morgan fingerprint density at radius 1 is 0.939 bits per heavy atom. The van der Waals surface area contributed by atoms with E-state index in [1.807, 2.05) is 24.3 Å². The molecule has 0 aliphatic carbocycles. The second-order valence-corrected chi connectivity index (χ2v) is 8.80. The van der Waals surface area contributed by atoms with Gasteiger partial charge in [-0.2, -0.15) is 0 Å². The number of carbonyl (C=O) groups is 3. The maximum absolute atomic E-state index is 12.9. The third-order valence-corrected chi connectivity index (χ3v) is 6.26. The van der Waals surface area contributed by atoms with Crippen molar-refractivity contribution in [3.8, 4) is 0 Å². The molecule has 0 spiro atoms. The van der Waals surface area contributed by atoms with Crippen LogP contribution in [0.3, 0.4) is 0 Å². The van der Waals surface area contributed by atoms with Gasteiger partial charge in [0.05, 0.1) is 0 Å². The molecule has 0 bridgehead atoms. The summed E-state index contributed by atoms with van der Waals surface area (Å²) in [6.07, 6.45) is 0. The molecule has 0 atom stereocenters. The summed E-state index contributed by atoms with van der Waals surface area (Å²) in [6, 6.07) is 13.8. The number of amides is 3. The number of anilines is 3. The van der Waals surface area contributed by atoms with Gasteiger partial charge in [-0.05, 0) is 55.5 Å². The first-order valence-electron chi connectivity index (χ1n) is 10.3. The number of hydrogen-bond donors (Lipinski definition) is 2. The Labute approximate surface area is 200 Å². The van der Waals surface area contributed by atoms with Crippen LogP contribution in [0.4, 0.5) is 21.3 Å². The van der Waals surface area contributed by atoms with Gasteiger partial charge in [-0.25, -0.2) is 9.78 Å². The number of carbonyl (C=O) groups excluding carboxylic acids is 3.